The van der Waals surface area contributed by atoms with Crippen LogP contribution in [0, 0.1) is 0 Å². The van der Waals surface area contributed by atoms with E-state index in [1.54, 1.807) is 17.3 Å². The third-order valence-corrected chi connectivity index (χ3v) is 2.72. The van der Waals surface area contributed by atoms with Gasteiger partial charge in [-0.3, -0.25) is 14.6 Å². The minimum atomic E-state index is -0.0351. The van der Waals surface area contributed by atoms with Crippen molar-refractivity contribution in [2.45, 2.75) is 33.2 Å². The molecule has 1 rings (SSSR count). The molecule has 1 aromatic rings. The molecule has 0 fully saturated rings. The van der Waals surface area contributed by atoms with Crippen LogP contribution in [0.4, 0.5) is 0 Å². The standard InChI is InChI=1S/C14H21N3O2/c1-3-7-16-14(19)6-9-17(12(2)18)11-13-5-4-8-15-10-13/h4-5,8,10H,3,6-7,9,11H2,1-2H3,(H,16,19). The molecular formula is C14H21N3O2. The Morgan fingerprint density at radius 3 is 2.79 bits per heavy atom. The molecule has 0 aliphatic rings. The van der Waals surface area contributed by atoms with Gasteiger partial charge >= 0.3 is 0 Å². The van der Waals surface area contributed by atoms with Crippen molar-refractivity contribution in [2.75, 3.05) is 13.1 Å². The molecule has 0 saturated carbocycles. The number of nitrogens with one attached hydrogen (secondary N) is 1. The summed E-state index contributed by atoms with van der Waals surface area (Å²) in [4.78, 5) is 28.7. The SMILES string of the molecule is CCCNC(=O)CCN(Cc1cccnc1)C(C)=O. The van der Waals surface area contributed by atoms with E-state index in [-0.39, 0.29) is 11.8 Å². The lowest BCUT2D eigenvalue weighted by molar-refractivity contribution is -0.130. The van der Waals surface area contributed by atoms with E-state index in [0.717, 1.165) is 12.0 Å². The summed E-state index contributed by atoms with van der Waals surface area (Å²) in [5.74, 6) is -0.0496. The molecule has 5 nitrogen and oxygen atoms in total. The zero-order chi connectivity index (χ0) is 14.1. The Morgan fingerprint density at radius 1 is 1.42 bits per heavy atom. The molecule has 0 atom stereocenters. The Morgan fingerprint density at radius 2 is 2.21 bits per heavy atom. The first-order valence-electron chi connectivity index (χ1n) is 6.54. The lowest BCUT2D eigenvalue weighted by Crippen LogP contribution is -2.33. The minimum Gasteiger partial charge on any atom is -0.356 e. The second-order valence-electron chi connectivity index (χ2n) is 4.40. The first-order chi connectivity index (χ1) is 9.13. The van der Waals surface area contributed by atoms with Gasteiger partial charge in [0.2, 0.25) is 11.8 Å². The number of nitrogens with zero attached hydrogens (tertiary/aromatic N) is 2. The van der Waals surface area contributed by atoms with E-state index < -0.39 is 0 Å². The highest BCUT2D eigenvalue weighted by atomic mass is 16.2. The minimum absolute atomic E-state index is 0.0145. The lowest BCUT2D eigenvalue weighted by Gasteiger charge is -2.20. The van der Waals surface area contributed by atoms with Gasteiger partial charge in [-0.05, 0) is 18.1 Å². The topological polar surface area (TPSA) is 62.3 Å². The van der Waals surface area contributed by atoms with Crippen LogP contribution >= 0.6 is 0 Å². The Hall–Kier alpha value is -1.91. The van der Waals surface area contributed by atoms with Crippen LogP contribution in [0.15, 0.2) is 24.5 Å². The molecule has 0 radical (unpaired) electrons. The number of amides is 2. The molecule has 0 aromatic carbocycles. The summed E-state index contributed by atoms with van der Waals surface area (Å²) in [5, 5.41) is 2.80. The van der Waals surface area contributed by atoms with E-state index in [1.165, 1.54) is 6.92 Å². The van der Waals surface area contributed by atoms with E-state index in [9.17, 15) is 9.59 Å². The van der Waals surface area contributed by atoms with Crippen LogP contribution in [0.1, 0.15) is 32.3 Å². The monoisotopic (exact) mass is 263 g/mol. The molecule has 0 bridgehead atoms. The molecule has 0 saturated heterocycles. The van der Waals surface area contributed by atoms with Crippen LogP contribution in [0.3, 0.4) is 0 Å². The van der Waals surface area contributed by atoms with Gasteiger partial charge in [0.15, 0.2) is 0 Å². The van der Waals surface area contributed by atoms with E-state index in [2.05, 4.69) is 10.3 Å². The quantitative estimate of drug-likeness (QED) is 0.807. The lowest BCUT2D eigenvalue weighted by atomic mass is 10.2. The zero-order valence-electron chi connectivity index (χ0n) is 11.6. The van der Waals surface area contributed by atoms with E-state index in [4.69, 9.17) is 0 Å². The zero-order valence-corrected chi connectivity index (χ0v) is 11.6. The fourth-order valence-corrected chi connectivity index (χ4v) is 1.65. The molecule has 0 aliphatic heterocycles. The van der Waals surface area contributed by atoms with Crippen molar-refractivity contribution >= 4 is 11.8 Å². The first kappa shape index (κ1) is 15.1. The normalized spacial score (nSPS) is 10.0. The smallest absolute Gasteiger partial charge is 0.221 e. The van der Waals surface area contributed by atoms with Gasteiger partial charge in [0, 0.05) is 45.4 Å². The highest BCUT2D eigenvalue weighted by molar-refractivity contribution is 5.77. The van der Waals surface area contributed by atoms with Crippen LogP contribution in [-0.2, 0) is 16.1 Å². The maximum absolute atomic E-state index is 11.5. The van der Waals surface area contributed by atoms with Crippen molar-refractivity contribution < 1.29 is 9.59 Å². The second kappa shape index (κ2) is 8.24. The van der Waals surface area contributed by atoms with Gasteiger partial charge in [0.25, 0.3) is 0 Å². The Bertz CT molecular complexity index is 406. The first-order valence-corrected chi connectivity index (χ1v) is 6.54. The summed E-state index contributed by atoms with van der Waals surface area (Å²) in [6.07, 6.45) is 4.67. The van der Waals surface area contributed by atoms with Crippen molar-refractivity contribution in [3.8, 4) is 0 Å². The van der Waals surface area contributed by atoms with Crippen molar-refractivity contribution in [1.29, 1.82) is 0 Å². The van der Waals surface area contributed by atoms with E-state index in [0.29, 0.717) is 26.1 Å². The van der Waals surface area contributed by atoms with Crippen LogP contribution in [0.2, 0.25) is 0 Å². The Labute approximate surface area is 114 Å². The van der Waals surface area contributed by atoms with Crippen molar-refractivity contribution in [3.05, 3.63) is 30.1 Å². The second-order valence-corrected chi connectivity index (χ2v) is 4.40. The molecule has 0 spiro atoms. The average molecular weight is 263 g/mol. The molecular weight excluding hydrogens is 242 g/mol. The number of carbonyl (C=O) groups is 2. The fourth-order valence-electron chi connectivity index (χ4n) is 1.65. The van der Waals surface area contributed by atoms with Crippen LogP contribution in [-0.4, -0.2) is 34.8 Å². The summed E-state index contributed by atoms with van der Waals surface area (Å²) < 4.78 is 0. The molecule has 1 aromatic heterocycles. The third kappa shape index (κ3) is 5.99. The highest BCUT2D eigenvalue weighted by Crippen LogP contribution is 2.04. The van der Waals surface area contributed by atoms with Gasteiger partial charge in [-0.2, -0.15) is 0 Å². The van der Waals surface area contributed by atoms with Crippen LogP contribution in [0.5, 0.6) is 0 Å². The van der Waals surface area contributed by atoms with Crippen molar-refractivity contribution in [1.82, 2.24) is 15.2 Å². The molecule has 104 valence electrons. The number of carbonyl (C=O) groups excluding carboxylic acids is 2. The van der Waals surface area contributed by atoms with Crippen LogP contribution in [0.25, 0.3) is 0 Å². The molecule has 5 heteroatoms. The molecule has 0 aliphatic carbocycles. The third-order valence-electron chi connectivity index (χ3n) is 2.72. The number of rotatable bonds is 7. The van der Waals surface area contributed by atoms with Gasteiger partial charge in [0.1, 0.15) is 0 Å². The van der Waals surface area contributed by atoms with Gasteiger partial charge in [-0.15, -0.1) is 0 Å². The van der Waals surface area contributed by atoms with E-state index in [1.807, 2.05) is 19.1 Å². The molecule has 2 amide bonds. The van der Waals surface area contributed by atoms with Crippen molar-refractivity contribution in [3.63, 3.8) is 0 Å². The fraction of sp³-hybridized carbons (Fsp3) is 0.500. The van der Waals surface area contributed by atoms with Gasteiger partial charge < -0.3 is 10.2 Å². The number of hydrogen-bond donors (Lipinski definition) is 1. The Kier molecular flexibility index (Phi) is 6.57. The molecule has 19 heavy (non-hydrogen) atoms. The molecule has 1 N–H and O–H groups in total. The summed E-state index contributed by atoms with van der Waals surface area (Å²) in [6, 6.07) is 3.75. The summed E-state index contributed by atoms with van der Waals surface area (Å²) in [6.45, 7) is 5.12. The molecule has 1 heterocycles. The predicted octanol–water partition coefficient (Wildman–Crippen LogP) is 1.35. The molecule has 0 unspecified atom stereocenters. The van der Waals surface area contributed by atoms with Gasteiger partial charge in [0.05, 0.1) is 0 Å². The van der Waals surface area contributed by atoms with Gasteiger partial charge in [-0.25, -0.2) is 0 Å². The number of hydrogen-bond acceptors (Lipinski definition) is 3. The maximum atomic E-state index is 11.5. The van der Waals surface area contributed by atoms with Crippen LogP contribution < -0.4 is 5.32 Å². The number of aromatic nitrogens is 1. The summed E-state index contributed by atoms with van der Waals surface area (Å²) in [7, 11) is 0. The summed E-state index contributed by atoms with van der Waals surface area (Å²) >= 11 is 0. The average Bonchev–Trinajstić information content (AvgIpc) is 2.41. The van der Waals surface area contributed by atoms with Gasteiger partial charge in [-0.1, -0.05) is 13.0 Å². The van der Waals surface area contributed by atoms with E-state index >= 15 is 0 Å². The Balaban J connectivity index is 2.45. The maximum Gasteiger partial charge on any atom is 0.221 e. The highest BCUT2D eigenvalue weighted by Gasteiger charge is 2.11. The largest absolute Gasteiger partial charge is 0.356 e. The summed E-state index contributed by atoms with van der Waals surface area (Å²) in [5.41, 5.74) is 0.965. The number of pyridine rings is 1. The predicted molar refractivity (Wildman–Crippen MR) is 73.2 cm³/mol. The van der Waals surface area contributed by atoms with Crippen molar-refractivity contribution in [2.24, 2.45) is 0 Å².